The van der Waals surface area contributed by atoms with E-state index in [9.17, 15) is 5.11 Å². The molecule has 1 aromatic carbocycles. The van der Waals surface area contributed by atoms with Crippen LogP contribution >= 0.6 is 35.3 Å². The maximum Gasteiger partial charge on any atom is 0.218 e. The predicted octanol–water partition coefficient (Wildman–Crippen LogP) is 4.10. The minimum atomic E-state index is -0.598. The van der Waals surface area contributed by atoms with Gasteiger partial charge in [-0.3, -0.25) is 0 Å². The molecule has 8 heteroatoms. The zero-order valence-electron chi connectivity index (χ0n) is 16.6. The summed E-state index contributed by atoms with van der Waals surface area (Å²) in [6.07, 6.45) is 1.11. The van der Waals surface area contributed by atoms with Crippen molar-refractivity contribution in [1.82, 2.24) is 15.6 Å². The number of rotatable bonds is 8. The number of halogens is 1. The molecular weight excluding hydrogens is 499 g/mol. The molecule has 156 valence electrons. The number of fused-ring (bicyclic) bond motifs is 1. The Morgan fingerprint density at radius 1 is 1.21 bits per heavy atom. The lowest BCUT2D eigenvalue weighted by Crippen LogP contribution is -2.39. The molecule has 3 rings (SSSR count). The minimum Gasteiger partial charge on any atom is -0.478 e. The molecule has 29 heavy (non-hydrogen) atoms. The van der Waals surface area contributed by atoms with Crippen molar-refractivity contribution < 1.29 is 9.84 Å². The quantitative estimate of drug-likeness (QED) is 0.234. The van der Waals surface area contributed by atoms with Crippen molar-refractivity contribution in [1.29, 1.82) is 0 Å². The van der Waals surface area contributed by atoms with Crippen LogP contribution in [-0.2, 0) is 6.54 Å². The number of aliphatic hydroxyl groups is 1. The molecular formula is C21H27IN4O2S. The predicted molar refractivity (Wildman–Crippen MR) is 130 cm³/mol. The van der Waals surface area contributed by atoms with Crippen LogP contribution in [0.3, 0.4) is 0 Å². The highest BCUT2D eigenvalue weighted by atomic mass is 127. The van der Waals surface area contributed by atoms with E-state index < -0.39 is 6.10 Å². The molecule has 0 aliphatic rings. The summed E-state index contributed by atoms with van der Waals surface area (Å²) in [5.41, 5.74) is 0.923. The summed E-state index contributed by atoms with van der Waals surface area (Å²) in [6, 6.07) is 14.0. The van der Waals surface area contributed by atoms with Crippen LogP contribution in [0.2, 0.25) is 0 Å². The normalized spacial score (nSPS) is 12.3. The van der Waals surface area contributed by atoms with Crippen LogP contribution in [0.1, 0.15) is 30.4 Å². The SMILES string of the molecule is CCNC(=NCc1cccnc1OCC)NCC(O)c1cc2ccccc2s1.I. The first-order valence-electron chi connectivity index (χ1n) is 9.46. The summed E-state index contributed by atoms with van der Waals surface area (Å²) >= 11 is 1.61. The van der Waals surface area contributed by atoms with E-state index in [4.69, 9.17) is 4.74 Å². The molecule has 0 amide bonds. The molecule has 0 bridgehead atoms. The van der Waals surface area contributed by atoms with Crippen molar-refractivity contribution in [2.24, 2.45) is 4.99 Å². The van der Waals surface area contributed by atoms with Gasteiger partial charge in [0.05, 0.1) is 13.2 Å². The van der Waals surface area contributed by atoms with Crippen molar-refractivity contribution in [2.45, 2.75) is 26.5 Å². The summed E-state index contributed by atoms with van der Waals surface area (Å²) < 4.78 is 6.73. The monoisotopic (exact) mass is 526 g/mol. The van der Waals surface area contributed by atoms with Crippen molar-refractivity contribution >= 4 is 51.4 Å². The Morgan fingerprint density at radius 2 is 2.03 bits per heavy atom. The summed E-state index contributed by atoms with van der Waals surface area (Å²) in [4.78, 5) is 9.80. The molecule has 3 N–H and O–H groups in total. The van der Waals surface area contributed by atoms with Crippen molar-refractivity contribution in [3.8, 4) is 5.88 Å². The van der Waals surface area contributed by atoms with Gasteiger partial charge in [0, 0.05) is 34.4 Å². The Bertz CT molecular complexity index is 899. The van der Waals surface area contributed by atoms with Crippen molar-refractivity contribution in [2.75, 3.05) is 19.7 Å². The lowest BCUT2D eigenvalue weighted by Gasteiger charge is -2.14. The topological polar surface area (TPSA) is 78.8 Å². The molecule has 3 aromatic rings. The van der Waals surface area contributed by atoms with E-state index in [0.29, 0.717) is 31.5 Å². The Morgan fingerprint density at radius 3 is 2.79 bits per heavy atom. The number of hydrogen-bond acceptors (Lipinski definition) is 5. The highest BCUT2D eigenvalue weighted by molar-refractivity contribution is 14.0. The van der Waals surface area contributed by atoms with E-state index in [2.05, 4.69) is 32.7 Å². The third-order valence-corrected chi connectivity index (χ3v) is 5.34. The van der Waals surface area contributed by atoms with Gasteiger partial charge in [-0.15, -0.1) is 35.3 Å². The minimum absolute atomic E-state index is 0. The van der Waals surface area contributed by atoms with Gasteiger partial charge in [-0.2, -0.15) is 0 Å². The van der Waals surface area contributed by atoms with Gasteiger partial charge in [0.25, 0.3) is 0 Å². The van der Waals surface area contributed by atoms with Gasteiger partial charge in [0.1, 0.15) is 6.10 Å². The number of ether oxygens (including phenoxy) is 1. The van der Waals surface area contributed by atoms with Gasteiger partial charge in [-0.1, -0.05) is 24.3 Å². The Labute approximate surface area is 192 Å². The average molecular weight is 526 g/mol. The third kappa shape index (κ3) is 6.55. The first-order valence-corrected chi connectivity index (χ1v) is 10.3. The van der Waals surface area contributed by atoms with Crippen LogP contribution in [0.15, 0.2) is 53.7 Å². The molecule has 2 aromatic heterocycles. The van der Waals surface area contributed by atoms with Crippen molar-refractivity contribution in [3.63, 3.8) is 0 Å². The number of nitrogens with one attached hydrogen (secondary N) is 2. The van der Waals surface area contributed by atoms with Crippen LogP contribution in [0.4, 0.5) is 0 Å². The Hall–Kier alpha value is -1.91. The molecule has 0 saturated heterocycles. The smallest absolute Gasteiger partial charge is 0.218 e. The van der Waals surface area contributed by atoms with Crippen LogP contribution in [0.5, 0.6) is 5.88 Å². The van der Waals surface area contributed by atoms with E-state index >= 15 is 0 Å². The second-order valence-electron chi connectivity index (χ2n) is 6.18. The van der Waals surface area contributed by atoms with Crippen LogP contribution in [0.25, 0.3) is 10.1 Å². The van der Waals surface area contributed by atoms with E-state index in [1.165, 1.54) is 4.70 Å². The number of aliphatic hydroxyl groups excluding tert-OH is 1. The fourth-order valence-corrected chi connectivity index (χ4v) is 3.83. The molecule has 0 spiro atoms. The largest absolute Gasteiger partial charge is 0.478 e. The Kier molecular flexibility index (Phi) is 9.62. The molecule has 0 fully saturated rings. The van der Waals surface area contributed by atoms with Gasteiger partial charge >= 0.3 is 0 Å². The first-order chi connectivity index (χ1) is 13.7. The molecule has 0 aliphatic carbocycles. The second kappa shape index (κ2) is 11.9. The van der Waals surface area contributed by atoms with Gasteiger partial charge in [0.2, 0.25) is 5.88 Å². The highest BCUT2D eigenvalue weighted by Crippen LogP contribution is 2.29. The van der Waals surface area contributed by atoms with Crippen LogP contribution in [-0.4, -0.2) is 35.7 Å². The number of benzene rings is 1. The number of aromatic nitrogens is 1. The maximum atomic E-state index is 10.6. The van der Waals surface area contributed by atoms with Gasteiger partial charge in [-0.05, 0) is 37.4 Å². The number of thiophene rings is 1. The van der Waals surface area contributed by atoms with Gasteiger partial charge in [0.15, 0.2) is 5.96 Å². The van der Waals surface area contributed by atoms with Crippen LogP contribution < -0.4 is 15.4 Å². The summed E-state index contributed by atoms with van der Waals surface area (Å²) in [5.74, 6) is 1.25. The second-order valence-corrected chi connectivity index (χ2v) is 7.29. The third-order valence-electron chi connectivity index (χ3n) is 4.12. The Balaban J connectivity index is 0.00000300. The molecule has 0 aliphatic heterocycles. The van der Waals surface area contributed by atoms with E-state index in [1.54, 1.807) is 17.5 Å². The number of pyridine rings is 1. The van der Waals surface area contributed by atoms with Crippen molar-refractivity contribution in [3.05, 3.63) is 59.1 Å². The summed E-state index contributed by atoms with van der Waals surface area (Å²) in [6.45, 7) is 6.06. The molecule has 0 saturated carbocycles. The zero-order valence-corrected chi connectivity index (χ0v) is 19.7. The molecule has 2 heterocycles. The number of aliphatic imine (C=N–C) groups is 1. The first kappa shape index (κ1) is 23.4. The lowest BCUT2D eigenvalue weighted by atomic mass is 10.2. The fourth-order valence-electron chi connectivity index (χ4n) is 2.78. The van der Waals surface area contributed by atoms with E-state index in [0.717, 1.165) is 22.4 Å². The van der Waals surface area contributed by atoms with E-state index in [-0.39, 0.29) is 24.0 Å². The fraction of sp³-hybridized carbons (Fsp3) is 0.333. The van der Waals surface area contributed by atoms with E-state index in [1.807, 2.05) is 44.2 Å². The molecule has 0 radical (unpaired) electrons. The van der Waals surface area contributed by atoms with Gasteiger partial charge < -0.3 is 20.5 Å². The average Bonchev–Trinajstić information content (AvgIpc) is 3.15. The summed E-state index contributed by atoms with van der Waals surface area (Å²) in [5, 5.41) is 18.2. The number of guanidine groups is 1. The number of hydrogen-bond donors (Lipinski definition) is 3. The van der Waals surface area contributed by atoms with Gasteiger partial charge in [-0.25, -0.2) is 9.98 Å². The zero-order chi connectivity index (χ0) is 19.8. The maximum absolute atomic E-state index is 10.6. The summed E-state index contributed by atoms with van der Waals surface area (Å²) in [7, 11) is 0. The molecule has 1 atom stereocenters. The molecule has 1 unspecified atom stereocenters. The number of nitrogens with zero attached hydrogens (tertiary/aromatic N) is 2. The van der Waals surface area contributed by atoms with Crippen LogP contribution in [0, 0.1) is 0 Å². The lowest BCUT2D eigenvalue weighted by molar-refractivity contribution is 0.184. The molecule has 6 nitrogen and oxygen atoms in total. The highest BCUT2D eigenvalue weighted by Gasteiger charge is 2.12. The standard InChI is InChI=1S/C21H26N4O2S.HI/c1-3-22-21(24-13-16-9-7-11-23-20(16)27-4-2)25-14-17(26)19-12-15-8-5-6-10-18(15)28-19;/h5-12,17,26H,3-4,13-14H2,1-2H3,(H2,22,24,25);1H.